The van der Waals surface area contributed by atoms with Crippen molar-refractivity contribution in [2.45, 2.75) is 46.1 Å². The molecule has 1 unspecified atom stereocenters. The Bertz CT molecular complexity index is 428. The second kappa shape index (κ2) is 9.40. The maximum Gasteiger partial charge on any atom is 0.325 e. The number of aliphatic carboxylic acids is 1. The first-order valence-corrected chi connectivity index (χ1v) is 7.83. The Kier molecular flexibility index (Phi) is 7.83. The molecule has 4 nitrogen and oxygen atoms in total. The zero-order chi connectivity index (χ0) is 15.7. The Morgan fingerprint density at radius 3 is 2.38 bits per heavy atom. The maximum absolute atomic E-state index is 11.7. The molecule has 1 N–H and O–H groups in total. The first-order chi connectivity index (χ1) is 10.1. The number of carboxylic acid groups (broad SMARTS) is 1. The van der Waals surface area contributed by atoms with Gasteiger partial charge in [0.25, 0.3) is 0 Å². The van der Waals surface area contributed by atoms with Crippen LogP contribution in [0.2, 0.25) is 0 Å². The summed E-state index contributed by atoms with van der Waals surface area (Å²) in [6.07, 6.45) is 2.82. The van der Waals surface area contributed by atoms with E-state index in [-0.39, 0.29) is 0 Å². The molecular formula is C17H27NO3. The summed E-state index contributed by atoms with van der Waals surface area (Å²) in [6, 6.07) is 6.87. The molecule has 0 radical (unpaired) electrons. The predicted octanol–water partition coefficient (Wildman–Crippen LogP) is 3.72. The number of hydrogen-bond donors (Lipinski definition) is 1. The van der Waals surface area contributed by atoms with Crippen LogP contribution in [0.25, 0.3) is 0 Å². The van der Waals surface area contributed by atoms with Crippen LogP contribution in [0.15, 0.2) is 24.3 Å². The van der Waals surface area contributed by atoms with Gasteiger partial charge in [-0.3, -0.25) is 9.69 Å². The highest BCUT2D eigenvalue weighted by Gasteiger charge is 2.26. The lowest BCUT2D eigenvalue weighted by atomic mass is 10.0. The SMILES string of the molecule is CCCOc1cccc(C(C(=O)O)N(CCC)CCC)c1. The maximum atomic E-state index is 11.7. The third-order valence-corrected chi connectivity index (χ3v) is 3.27. The van der Waals surface area contributed by atoms with Crippen molar-refractivity contribution in [2.24, 2.45) is 0 Å². The van der Waals surface area contributed by atoms with Gasteiger partial charge in [0.1, 0.15) is 11.8 Å². The Morgan fingerprint density at radius 2 is 1.86 bits per heavy atom. The van der Waals surface area contributed by atoms with Gasteiger partial charge in [0.15, 0.2) is 0 Å². The van der Waals surface area contributed by atoms with Crippen LogP contribution in [0.3, 0.4) is 0 Å². The number of benzene rings is 1. The molecule has 118 valence electrons. The van der Waals surface area contributed by atoms with Gasteiger partial charge in [0, 0.05) is 0 Å². The molecule has 1 atom stereocenters. The lowest BCUT2D eigenvalue weighted by Crippen LogP contribution is -2.35. The number of carboxylic acids is 1. The second-order valence-corrected chi connectivity index (χ2v) is 5.20. The van der Waals surface area contributed by atoms with E-state index in [2.05, 4.69) is 13.8 Å². The molecule has 0 saturated carbocycles. The van der Waals surface area contributed by atoms with E-state index in [1.54, 1.807) is 0 Å². The Morgan fingerprint density at radius 1 is 1.19 bits per heavy atom. The van der Waals surface area contributed by atoms with Gasteiger partial charge in [-0.1, -0.05) is 32.9 Å². The molecule has 1 rings (SSSR count). The highest BCUT2D eigenvalue weighted by atomic mass is 16.5. The fourth-order valence-electron chi connectivity index (χ4n) is 2.45. The minimum absolute atomic E-state index is 0.602. The summed E-state index contributed by atoms with van der Waals surface area (Å²) in [4.78, 5) is 13.8. The predicted molar refractivity (Wildman–Crippen MR) is 84.8 cm³/mol. The highest BCUT2D eigenvalue weighted by molar-refractivity contribution is 5.75. The van der Waals surface area contributed by atoms with E-state index in [0.717, 1.165) is 43.7 Å². The Labute approximate surface area is 127 Å². The molecule has 1 aromatic rings. The van der Waals surface area contributed by atoms with Crippen molar-refractivity contribution in [3.05, 3.63) is 29.8 Å². The van der Waals surface area contributed by atoms with E-state index in [0.29, 0.717) is 6.61 Å². The molecule has 1 aromatic carbocycles. The van der Waals surface area contributed by atoms with Gasteiger partial charge in [-0.15, -0.1) is 0 Å². The lowest BCUT2D eigenvalue weighted by Gasteiger charge is -2.28. The zero-order valence-corrected chi connectivity index (χ0v) is 13.3. The van der Waals surface area contributed by atoms with Crippen LogP contribution in [-0.4, -0.2) is 35.7 Å². The van der Waals surface area contributed by atoms with Crippen molar-refractivity contribution in [3.63, 3.8) is 0 Å². The van der Waals surface area contributed by atoms with Gasteiger partial charge in [0.2, 0.25) is 0 Å². The number of rotatable bonds is 10. The van der Waals surface area contributed by atoms with Crippen molar-refractivity contribution >= 4 is 5.97 Å². The van der Waals surface area contributed by atoms with E-state index in [4.69, 9.17) is 4.74 Å². The van der Waals surface area contributed by atoms with Gasteiger partial charge in [-0.2, -0.15) is 0 Å². The van der Waals surface area contributed by atoms with Gasteiger partial charge >= 0.3 is 5.97 Å². The molecule has 4 heteroatoms. The van der Waals surface area contributed by atoms with E-state index in [1.165, 1.54) is 0 Å². The fraction of sp³-hybridized carbons (Fsp3) is 0.588. The van der Waals surface area contributed by atoms with Crippen molar-refractivity contribution in [1.82, 2.24) is 4.90 Å². The first kappa shape index (κ1) is 17.5. The smallest absolute Gasteiger partial charge is 0.325 e. The van der Waals surface area contributed by atoms with Gasteiger partial charge in [-0.05, 0) is 50.0 Å². The number of nitrogens with zero attached hydrogens (tertiary/aromatic N) is 1. The molecule has 0 fully saturated rings. The summed E-state index contributed by atoms with van der Waals surface area (Å²) < 4.78 is 5.61. The van der Waals surface area contributed by atoms with Crippen LogP contribution in [0.5, 0.6) is 5.75 Å². The molecule has 0 spiro atoms. The summed E-state index contributed by atoms with van der Waals surface area (Å²) in [5.74, 6) is -0.0573. The standard InChI is InChI=1S/C17H27NO3/c1-4-10-18(11-5-2)16(17(19)20)14-8-7-9-15(13-14)21-12-6-3/h7-9,13,16H,4-6,10-12H2,1-3H3,(H,19,20). The number of hydrogen-bond acceptors (Lipinski definition) is 3. The van der Waals surface area contributed by atoms with E-state index >= 15 is 0 Å². The average molecular weight is 293 g/mol. The van der Waals surface area contributed by atoms with Crippen molar-refractivity contribution in [2.75, 3.05) is 19.7 Å². The third kappa shape index (κ3) is 5.38. The van der Waals surface area contributed by atoms with Gasteiger partial charge in [-0.25, -0.2) is 0 Å². The van der Waals surface area contributed by atoms with E-state index < -0.39 is 12.0 Å². The Balaban J connectivity index is 3.00. The molecule has 0 aromatic heterocycles. The molecule has 0 amide bonds. The van der Waals surface area contributed by atoms with Crippen molar-refractivity contribution in [3.8, 4) is 5.75 Å². The summed E-state index contributed by atoms with van der Waals surface area (Å²) in [5, 5.41) is 9.63. The molecule has 21 heavy (non-hydrogen) atoms. The van der Waals surface area contributed by atoms with E-state index in [9.17, 15) is 9.90 Å². The summed E-state index contributed by atoms with van der Waals surface area (Å²) in [6.45, 7) is 8.41. The minimum atomic E-state index is -0.801. The first-order valence-electron chi connectivity index (χ1n) is 7.83. The number of carbonyl (C=O) groups is 1. The summed E-state index contributed by atoms with van der Waals surface area (Å²) in [5.41, 5.74) is 0.790. The lowest BCUT2D eigenvalue weighted by molar-refractivity contribution is -0.143. The zero-order valence-electron chi connectivity index (χ0n) is 13.3. The summed E-state index contributed by atoms with van der Waals surface area (Å²) >= 11 is 0. The van der Waals surface area contributed by atoms with Crippen LogP contribution >= 0.6 is 0 Å². The molecule has 0 aliphatic carbocycles. The van der Waals surface area contributed by atoms with Crippen molar-refractivity contribution in [1.29, 1.82) is 0 Å². The van der Waals surface area contributed by atoms with E-state index in [1.807, 2.05) is 36.1 Å². The normalized spacial score (nSPS) is 12.4. The summed E-state index contributed by atoms with van der Waals surface area (Å²) in [7, 11) is 0. The second-order valence-electron chi connectivity index (χ2n) is 5.20. The molecule has 0 saturated heterocycles. The molecule has 0 aliphatic heterocycles. The van der Waals surface area contributed by atoms with Crippen LogP contribution < -0.4 is 4.74 Å². The molecule has 0 heterocycles. The highest BCUT2D eigenvalue weighted by Crippen LogP contribution is 2.25. The minimum Gasteiger partial charge on any atom is -0.494 e. The Hall–Kier alpha value is -1.55. The van der Waals surface area contributed by atoms with Gasteiger partial charge < -0.3 is 9.84 Å². The van der Waals surface area contributed by atoms with Crippen LogP contribution in [0, 0.1) is 0 Å². The molecular weight excluding hydrogens is 266 g/mol. The van der Waals surface area contributed by atoms with Gasteiger partial charge in [0.05, 0.1) is 6.61 Å². The molecule has 0 aliphatic rings. The van der Waals surface area contributed by atoms with Crippen LogP contribution in [-0.2, 0) is 4.79 Å². The fourth-order valence-corrected chi connectivity index (χ4v) is 2.45. The van der Waals surface area contributed by atoms with Crippen molar-refractivity contribution < 1.29 is 14.6 Å². The monoisotopic (exact) mass is 293 g/mol. The van der Waals surface area contributed by atoms with Crippen LogP contribution in [0.1, 0.15) is 51.6 Å². The molecule has 0 bridgehead atoms. The topological polar surface area (TPSA) is 49.8 Å². The average Bonchev–Trinajstić information content (AvgIpc) is 2.46. The quantitative estimate of drug-likeness (QED) is 0.714. The number of ether oxygens (including phenoxy) is 1. The third-order valence-electron chi connectivity index (χ3n) is 3.27. The van der Waals surface area contributed by atoms with Crippen LogP contribution in [0.4, 0.5) is 0 Å². The largest absolute Gasteiger partial charge is 0.494 e.